The molecule has 1 aromatic heterocycles. The van der Waals surface area contributed by atoms with E-state index in [0.717, 1.165) is 35.5 Å². The number of hydrogen-bond acceptors (Lipinski definition) is 5. The molecule has 3 N–H and O–H groups in total. The zero-order valence-corrected chi connectivity index (χ0v) is 15.9. The predicted molar refractivity (Wildman–Crippen MR) is 101 cm³/mol. The van der Waals surface area contributed by atoms with Crippen LogP contribution in [0.4, 0.5) is 5.69 Å². The van der Waals surface area contributed by atoms with Crippen LogP contribution in [0.3, 0.4) is 0 Å². The van der Waals surface area contributed by atoms with Gasteiger partial charge < -0.3 is 11.2 Å². The van der Waals surface area contributed by atoms with Gasteiger partial charge in [0.2, 0.25) is 11.1 Å². The number of para-hydroxylation sites is 1. The summed E-state index contributed by atoms with van der Waals surface area (Å²) in [4.78, 5) is 12.7. The third kappa shape index (κ3) is 3.81. The minimum Gasteiger partial charge on any atom is -0.336 e. The maximum atomic E-state index is 12.7. The van der Waals surface area contributed by atoms with Gasteiger partial charge in [-0.1, -0.05) is 43.8 Å². The zero-order valence-electron chi connectivity index (χ0n) is 15.1. The SMILES string of the molecule is Cc1cccc(C(C)C)c1NC(=O)[C@H](C)Sc1nnc(C2CC2)n1N. The van der Waals surface area contributed by atoms with Crippen molar-refractivity contribution < 1.29 is 4.79 Å². The van der Waals surface area contributed by atoms with Gasteiger partial charge >= 0.3 is 0 Å². The summed E-state index contributed by atoms with van der Waals surface area (Å²) < 4.78 is 1.53. The molecule has 1 aromatic carbocycles. The Kier molecular flexibility index (Phi) is 5.03. The average Bonchev–Trinajstić information content (AvgIpc) is 3.34. The fraction of sp³-hybridized carbons (Fsp3) is 0.500. The number of carbonyl (C=O) groups excluding carboxylic acids is 1. The molecule has 1 atom stereocenters. The van der Waals surface area contributed by atoms with Crippen molar-refractivity contribution in [3.8, 4) is 0 Å². The third-order valence-electron chi connectivity index (χ3n) is 4.46. The fourth-order valence-corrected chi connectivity index (χ4v) is 3.54. The molecule has 0 aliphatic heterocycles. The number of nitrogens with one attached hydrogen (secondary N) is 1. The van der Waals surface area contributed by atoms with E-state index < -0.39 is 0 Å². The van der Waals surface area contributed by atoms with Gasteiger partial charge in [-0.15, -0.1) is 10.2 Å². The van der Waals surface area contributed by atoms with E-state index in [2.05, 4.69) is 35.4 Å². The van der Waals surface area contributed by atoms with Crippen LogP contribution in [0.25, 0.3) is 0 Å². The fourth-order valence-electron chi connectivity index (χ4n) is 2.77. The number of nitrogen functional groups attached to an aromatic ring is 1. The van der Waals surface area contributed by atoms with Crippen molar-refractivity contribution in [2.75, 3.05) is 11.2 Å². The van der Waals surface area contributed by atoms with Crippen LogP contribution in [0, 0.1) is 6.92 Å². The second kappa shape index (κ2) is 7.07. The second-order valence-electron chi connectivity index (χ2n) is 6.93. The summed E-state index contributed by atoms with van der Waals surface area (Å²) in [5, 5.41) is 11.6. The van der Waals surface area contributed by atoms with Crippen molar-refractivity contribution in [2.45, 2.75) is 62.8 Å². The quantitative estimate of drug-likeness (QED) is 0.610. The van der Waals surface area contributed by atoms with Crippen LogP contribution in [0.1, 0.15) is 62.4 Å². The van der Waals surface area contributed by atoms with Crippen molar-refractivity contribution in [1.82, 2.24) is 14.9 Å². The lowest BCUT2D eigenvalue weighted by Crippen LogP contribution is -2.25. The van der Waals surface area contributed by atoms with Gasteiger partial charge in [0.15, 0.2) is 5.82 Å². The number of rotatable bonds is 6. The number of benzene rings is 1. The summed E-state index contributed by atoms with van der Waals surface area (Å²) >= 11 is 1.34. The molecule has 1 aliphatic rings. The van der Waals surface area contributed by atoms with Crippen molar-refractivity contribution in [1.29, 1.82) is 0 Å². The minimum atomic E-state index is -0.321. The van der Waals surface area contributed by atoms with Gasteiger partial charge in [0.1, 0.15) is 0 Å². The summed E-state index contributed by atoms with van der Waals surface area (Å²) in [7, 11) is 0. The first-order chi connectivity index (χ1) is 11.9. The maximum Gasteiger partial charge on any atom is 0.237 e. The maximum absolute atomic E-state index is 12.7. The van der Waals surface area contributed by atoms with Crippen molar-refractivity contribution in [3.05, 3.63) is 35.2 Å². The monoisotopic (exact) mass is 359 g/mol. The number of aryl methyl sites for hydroxylation is 1. The first kappa shape index (κ1) is 17.8. The van der Waals surface area contributed by atoms with Crippen LogP contribution < -0.4 is 11.2 Å². The molecule has 1 aliphatic carbocycles. The number of carbonyl (C=O) groups is 1. The van der Waals surface area contributed by atoms with Crippen LogP contribution in [0.15, 0.2) is 23.4 Å². The standard InChI is InChI=1S/C18H25N5OS/c1-10(2)14-7-5-6-11(3)15(14)20-17(24)12(4)25-18-22-21-16(23(18)19)13-8-9-13/h5-7,10,12-13H,8-9,19H2,1-4H3,(H,20,24)/t12-/m0/s1. The molecular formula is C18H25N5OS. The Hall–Kier alpha value is -2.02. The van der Waals surface area contributed by atoms with Gasteiger partial charge in [0.25, 0.3) is 0 Å². The van der Waals surface area contributed by atoms with E-state index >= 15 is 0 Å². The minimum absolute atomic E-state index is 0.0582. The third-order valence-corrected chi connectivity index (χ3v) is 5.52. The molecule has 0 spiro atoms. The number of nitrogens with zero attached hydrogens (tertiary/aromatic N) is 3. The van der Waals surface area contributed by atoms with E-state index in [1.54, 1.807) is 0 Å². The van der Waals surface area contributed by atoms with Gasteiger partial charge in [-0.3, -0.25) is 4.79 Å². The molecule has 134 valence electrons. The second-order valence-corrected chi connectivity index (χ2v) is 8.24. The van der Waals surface area contributed by atoms with Crippen LogP contribution in [-0.2, 0) is 4.79 Å². The molecular weight excluding hydrogens is 334 g/mol. The van der Waals surface area contributed by atoms with Gasteiger partial charge in [0.05, 0.1) is 5.25 Å². The first-order valence-electron chi connectivity index (χ1n) is 8.66. The van der Waals surface area contributed by atoms with Gasteiger partial charge in [-0.25, -0.2) is 4.68 Å². The molecule has 1 fully saturated rings. The lowest BCUT2D eigenvalue weighted by Gasteiger charge is -2.18. The van der Waals surface area contributed by atoms with Crippen LogP contribution in [-0.4, -0.2) is 26.0 Å². The number of thioether (sulfide) groups is 1. The van der Waals surface area contributed by atoms with Crippen LogP contribution in [0.2, 0.25) is 0 Å². The van der Waals surface area contributed by atoms with E-state index in [1.807, 2.05) is 26.0 Å². The van der Waals surface area contributed by atoms with Crippen molar-refractivity contribution in [2.24, 2.45) is 0 Å². The zero-order chi connectivity index (χ0) is 18.1. The van der Waals surface area contributed by atoms with Crippen molar-refractivity contribution >= 4 is 23.4 Å². The molecule has 3 rings (SSSR count). The highest BCUT2D eigenvalue weighted by Crippen LogP contribution is 2.39. The summed E-state index contributed by atoms with van der Waals surface area (Å²) in [6.07, 6.45) is 2.22. The number of amides is 1. The Morgan fingerprint density at radius 1 is 1.32 bits per heavy atom. The van der Waals surface area contributed by atoms with E-state index in [4.69, 9.17) is 5.84 Å². The smallest absolute Gasteiger partial charge is 0.237 e. The largest absolute Gasteiger partial charge is 0.336 e. The van der Waals surface area contributed by atoms with Crippen molar-refractivity contribution in [3.63, 3.8) is 0 Å². The molecule has 25 heavy (non-hydrogen) atoms. The van der Waals surface area contributed by atoms with Crippen LogP contribution >= 0.6 is 11.8 Å². The van der Waals surface area contributed by atoms with E-state index in [1.165, 1.54) is 16.4 Å². The topological polar surface area (TPSA) is 85.8 Å². The Morgan fingerprint density at radius 2 is 2.04 bits per heavy atom. The number of aromatic nitrogens is 3. The lowest BCUT2D eigenvalue weighted by atomic mass is 9.98. The molecule has 0 unspecified atom stereocenters. The molecule has 6 nitrogen and oxygen atoms in total. The Morgan fingerprint density at radius 3 is 2.68 bits per heavy atom. The molecule has 1 amide bonds. The van der Waals surface area contributed by atoms with E-state index in [0.29, 0.717) is 17.0 Å². The highest BCUT2D eigenvalue weighted by atomic mass is 32.2. The lowest BCUT2D eigenvalue weighted by molar-refractivity contribution is -0.115. The molecule has 7 heteroatoms. The Balaban J connectivity index is 1.71. The van der Waals surface area contributed by atoms with Crippen LogP contribution in [0.5, 0.6) is 0 Å². The summed E-state index contributed by atoms with van der Waals surface area (Å²) in [5.74, 6) is 7.60. The summed E-state index contributed by atoms with van der Waals surface area (Å²) in [6.45, 7) is 8.12. The van der Waals surface area contributed by atoms with E-state index in [9.17, 15) is 4.79 Å². The highest BCUT2D eigenvalue weighted by Gasteiger charge is 2.30. The first-order valence-corrected chi connectivity index (χ1v) is 9.53. The molecule has 0 bridgehead atoms. The molecule has 0 radical (unpaired) electrons. The number of nitrogens with two attached hydrogens (primary N) is 1. The van der Waals surface area contributed by atoms with Gasteiger partial charge in [-0.2, -0.15) is 0 Å². The molecule has 1 heterocycles. The normalized spacial score (nSPS) is 15.4. The number of hydrogen-bond donors (Lipinski definition) is 2. The number of anilines is 1. The highest BCUT2D eigenvalue weighted by molar-refractivity contribution is 8.00. The van der Waals surface area contributed by atoms with Gasteiger partial charge in [0, 0.05) is 11.6 Å². The summed E-state index contributed by atoms with van der Waals surface area (Å²) in [6, 6.07) is 6.09. The average molecular weight is 359 g/mol. The van der Waals surface area contributed by atoms with E-state index in [-0.39, 0.29) is 11.2 Å². The predicted octanol–water partition coefficient (Wildman–Crippen LogP) is 3.42. The molecule has 0 saturated heterocycles. The molecule has 2 aromatic rings. The Labute approximate surface area is 152 Å². The summed E-state index contributed by atoms with van der Waals surface area (Å²) in [5.41, 5.74) is 3.11. The Bertz CT molecular complexity index is 782. The van der Waals surface area contributed by atoms with Gasteiger partial charge in [-0.05, 0) is 43.7 Å². The molecule has 1 saturated carbocycles.